The molecule has 1 rings (SSSR count). The smallest absolute Gasteiger partial charge is 0.126 e. The third-order valence-electron chi connectivity index (χ3n) is 5.02. The van der Waals surface area contributed by atoms with E-state index < -0.39 is 0 Å². The molecule has 24 heavy (non-hydrogen) atoms. The van der Waals surface area contributed by atoms with Crippen LogP contribution in [0.4, 0.5) is 0 Å². The summed E-state index contributed by atoms with van der Waals surface area (Å²) < 4.78 is 0. The van der Waals surface area contributed by atoms with E-state index in [9.17, 15) is 0 Å². The molecule has 1 saturated heterocycles. The molecule has 5 heteroatoms. The lowest BCUT2D eigenvalue weighted by atomic mass is 9.90. The van der Waals surface area contributed by atoms with Crippen LogP contribution in [0.2, 0.25) is 0 Å². The normalized spacial score (nSPS) is 18.9. The number of likely N-dealkylation sites (tertiary alicyclic amines) is 1. The Kier molecular flexibility index (Phi) is 8.76. The van der Waals surface area contributed by atoms with Gasteiger partial charge >= 0.3 is 0 Å². The number of nitrogens with one attached hydrogen (secondary N) is 2. The Labute approximate surface area is 148 Å². The highest BCUT2D eigenvalue weighted by molar-refractivity contribution is 5.84. The summed E-state index contributed by atoms with van der Waals surface area (Å²) in [5.41, 5.74) is 2.50. The molecule has 0 aromatic rings. The molecule has 0 aromatic heterocycles. The van der Waals surface area contributed by atoms with Gasteiger partial charge in [-0.05, 0) is 71.7 Å². The van der Waals surface area contributed by atoms with Gasteiger partial charge in [-0.15, -0.1) is 0 Å². The second kappa shape index (κ2) is 10.3. The van der Waals surface area contributed by atoms with Crippen molar-refractivity contribution in [1.29, 1.82) is 0 Å². The second-order valence-corrected chi connectivity index (χ2v) is 6.67. The van der Waals surface area contributed by atoms with Crippen LogP contribution in [0.1, 0.15) is 46.5 Å². The number of rotatable bonds is 8. The van der Waals surface area contributed by atoms with Crippen LogP contribution in [0.3, 0.4) is 0 Å². The molecule has 136 valence electrons. The molecule has 1 unspecified atom stereocenters. The van der Waals surface area contributed by atoms with Crippen molar-refractivity contribution in [3.8, 4) is 0 Å². The number of piperidine rings is 1. The van der Waals surface area contributed by atoms with E-state index in [0.29, 0.717) is 11.9 Å². The Morgan fingerprint density at radius 1 is 1.25 bits per heavy atom. The maximum atomic E-state index is 4.47. The minimum Gasteiger partial charge on any atom is -0.374 e. The van der Waals surface area contributed by atoms with Crippen LogP contribution in [-0.2, 0) is 0 Å². The minimum absolute atomic E-state index is 0.351. The lowest BCUT2D eigenvalue weighted by Gasteiger charge is -2.36. The van der Waals surface area contributed by atoms with Gasteiger partial charge in [-0.3, -0.25) is 0 Å². The average Bonchev–Trinajstić information content (AvgIpc) is 2.62. The highest BCUT2D eigenvalue weighted by Gasteiger charge is 2.21. The van der Waals surface area contributed by atoms with E-state index >= 15 is 0 Å². The van der Waals surface area contributed by atoms with Gasteiger partial charge in [0, 0.05) is 31.9 Å². The molecule has 0 spiro atoms. The van der Waals surface area contributed by atoms with Crippen LogP contribution in [-0.4, -0.2) is 50.7 Å². The van der Waals surface area contributed by atoms with Crippen LogP contribution in [0, 0.1) is 5.92 Å². The highest BCUT2D eigenvalue weighted by Crippen LogP contribution is 2.26. The highest BCUT2D eigenvalue weighted by atomic mass is 15.2. The van der Waals surface area contributed by atoms with Gasteiger partial charge in [-0.2, -0.15) is 0 Å². The van der Waals surface area contributed by atoms with Gasteiger partial charge in [0.1, 0.15) is 11.7 Å². The minimum atomic E-state index is 0.351. The summed E-state index contributed by atoms with van der Waals surface area (Å²) in [4.78, 5) is 10.8. The van der Waals surface area contributed by atoms with Gasteiger partial charge in [-0.25, -0.2) is 9.98 Å². The molecule has 0 saturated carbocycles. The van der Waals surface area contributed by atoms with E-state index in [1.54, 1.807) is 0 Å². The van der Waals surface area contributed by atoms with Crippen molar-refractivity contribution in [1.82, 2.24) is 15.5 Å². The molecule has 0 bridgehead atoms. The van der Waals surface area contributed by atoms with E-state index in [4.69, 9.17) is 0 Å². The predicted octanol–water partition coefficient (Wildman–Crippen LogP) is 3.17. The number of amidine groups is 1. The summed E-state index contributed by atoms with van der Waals surface area (Å²) in [6.07, 6.45) is 4.78. The Morgan fingerprint density at radius 3 is 2.38 bits per heavy atom. The van der Waals surface area contributed by atoms with Crippen molar-refractivity contribution in [2.45, 2.75) is 52.5 Å². The van der Waals surface area contributed by atoms with E-state index in [1.165, 1.54) is 30.5 Å². The molecule has 1 fully saturated rings. The van der Waals surface area contributed by atoms with Gasteiger partial charge in [0.05, 0.1) is 0 Å². The largest absolute Gasteiger partial charge is 0.374 e. The number of allylic oxidation sites excluding steroid dienone is 1. The summed E-state index contributed by atoms with van der Waals surface area (Å²) in [6.45, 7) is 16.2. The molecule has 0 aromatic carbocycles. The predicted molar refractivity (Wildman–Crippen MR) is 106 cm³/mol. The molecule has 1 aliphatic rings. The zero-order valence-electron chi connectivity index (χ0n) is 16.2. The SMILES string of the molecule is C=N/C(C)=N\C(NC)=C(/C)CCC1CCN(C(=C)C(C)NC)CC1. The fraction of sp³-hybridized carbons (Fsp3) is 0.684. The first-order chi connectivity index (χ1) is 11.4. The maximum Gasteiger partial charge on any atom is 0.126 e. The zero-order valence-corrected chi connectivity index (χ0v) is 16.2. The summed E-state index contributed by atoms with van der Waals surface area (Å²) >= 11 is 0. The monoisotopic (exact) mass is 333 g/mol. The standard InChI is InChI=1S/C19H35N5/c1-14(19(22-7)23-17(4)21-6)8-9-18-10-12-24(13-11-18)16(3)15(2)20-5/h15,18,20,22H,3,6,8-13H2,1-2,4-5,7H3/b19-14+,23-17-. The van der Waals surface area contributed by atoms with Gasteiger partial charge in [-0.1, -0.05) is 6.58 Å². The summed E-state index contributed by atoms with van der Waals surface area (Å²) in [5.74, 6) is 2.41. The lowest BCUT2D eigenvalue weighted by molar-refractivity contribution is 0.208. The first-order valence-electron chi connectivity index (χ1n) is 8.93. The van der Waals surface area contributed by atoms with E-state index in [1.807, 2.05) is 21.0 Å². The number of hydrogen-bond donors (Lipinski definition) is 2. The van der Waals surface area contributed by atoms with Crippen LogP contribution in [0.5, 0.6) is 0 Å². The van der Waals surface area contributed by atoms with E-state index in [0.717, 1.165) is 31.2 Å². The van der Waals surface area contributed by atoms with Crippen molar-refractivity contribution >= 4 is 12.6 Å². The second-order valence-electron chi connectivity index (χ2n) is 6.67. The lowest BCUT2D eigenvalue weighted by Crippen LogP contribution is -2.39. The fourth-order valence-electron chi connectivity index (χ4n) is 3.05. The quantitative estimate of drug-likeness (QED) is 0.530. The molecule has 0 aliphatic carbocycles. The average molecular weight is 334 g/mol. The summed E-state index contributed by atoms with van der Waals surface area (Å²) in [6, 6.07) is 0.351. The van der Waals surface area contributed by atoms with Crippen molar-refractivity contribution in [3.05, 3.63) is 23.7 Å². The third kappa shape index (κ3) is 6.11. The molecule has 1 heterocycles. The van der Waals surface area contributed by atoms with Crippen LogP contribution in [0.15, 0.2) is 33.7 Å². The Hall–Kier alpha value is -1.62. The number of nitrogens with zero attached hydrogens (tertiary/aromatic N) is 3. The molecule has 0 amide bonds. The summed E-state index contributed by atoms with van der Waals surface area (Å²) in [7, 11) is 3.90. The van der Waals surface area contributed by atoms with Crippen molar-refractivity contribution in [2.75, 3.05) is 27.2 Å². The third-order valence-corrected chi connectivity index (χ3v) is 5.02. The van der Waals surface area contributed by atoms with Gasteiger partial charge in [0.25, 0.3) is 0 Å². The van der Waals surface area contributed by atoms with E-state index in [-0.39, 0.29) is 0 Å². The molecular weight excluding hydrogens is 298 g/mol. The topological polar surface area (TPSA) is 52.0 Å². The Bertz CT molecular complexity index is 484. The van der Waals surface area contributed by atoms with Crippen LogP contribution >= 0.6 is 0 Å². The van der Waals surface area contributed by atoms with Gasteiger partial charge < -0.3 is 15.5 Å². The molecule has 5 nitrogen and oxygen atoms in total. The number of aliphatic imine (C=N–C) groups is 2. The molecule has 1 aliphatic heterocycles. The fourth-order valence-corrected chi connectivity index (χ4v) is 3.05. The molecule has 1 atom stereocenters. The van der Waals surface area contributed by atoms with Crippen molar-refractivity contribution in [2.24, 2.45) is 15.9 Å². The van der Waals surface area contributed by atoms with E-state index in [2.05, 4.69) is 52.7 Å². The Morgan fingerprint density at radius 2 is 1.88 bits per heavy atom. The van der Waals surface area contributed by atoms with Crippen LogP contribution in [0.25, 0.3) is 0 Å². The first kappa shape index (κ1) is 20.4. The van der Waals surface area contributed by atoms with Gasteiger partial charge in [0.2, 0.25) is 0 Å². The first-order valence-corrected chi connectivity index (χ1v) is 8.93. The number of likely N-dealkylation sites (N-methyl/N-ethyl adjacent to an activating group) is 1. The van der Waals surface area contributed by atoms with Crippen molar-refractivity contribution in [3.63, 3.8) is 0 Å². The van der Waals surface area contributed by atoms with Crippen molar-refractivity contribution < 1.29 is 0 Å². The molecular formula is C19H35N5. The van der Waals surface area contributed by atoms with Crippen LogP contribution < -0.4 is 10.6 Å². The zero-order chi connectivity index (χ0) is 18.1. The Balaban J connectivity index is 2.50. The summed E-state index contributed by atoms with van der Waals surface area (Å²) in [5, 5.41) is 6.45. The maximum absolute atomic E-state index is 4.47. The number of hydrogen-bond acceptors (Lipinski definition) is 4. The molecule has 2 N–H and O–H groups in total. The molecule has 0 radical (unpaired) electrons. The van der Waals surface area contributed by atoms with Gasteiger partial charge in [0.15, 0.2) is 0 Å².